The summed E-state index contributed by atoms with van der Waals surface area (Å²) in [5.41, 5.74) is 0.959. The fourth-order valence-corrected chi connectivity index (χ4v) is 6.33. The van der Waals surface area contributed by atoms with Gasteiger partial charge >= 0.3 is 18.5 Å². The third-order valence-corrected chi connectivity index (χ3v) is 9.31. The first-order chi connectivity index (χ1) is 30.4. The molecule has 0 spiro atoms. The zero-order chi connectivity index (χ0) is 46.1. The minimum Gasteiger partial charge on any atom is -0.434 e. The summed E-state index contributed by atoms with van der Waals surface area (Å²) in [6.45, 7) is 1.47. The first-order valence-corrected chi connectivity index (χ1v) is 20.8. The van der Waals surface area contributed by atoms with Crippen LogP contribution >= 0.6 is 0 Å². The normalized spacial score (nSPS) is 17.3. The quantitative estimate of drug-likeness (QED) is 0.0194. The number of carbonyl (C=O) groups is 4. The lowest BCUT2D eigenvalue weighted by molar-refractivity contribution is -0.757. The van der Waals surface area contributed by atoms with Crippen molar-refractivity contribution in [1.82, 2.24) is 5.32 Å². The van der Waals surface area contributed by atoms with Gasteiger partial charge in [0, 0.05) is 31.2 Å². The number of ether oxygens (including phenoxy) is 6. The summed E-state index contributed by atoms with van der Waals surface area (Å²) in [6.07, 6.45) is 5.41. The van der Waals surface area contributed by atoms with Gasteiger partial charge in [0.15, 0.2) is 0 Å². The molecule has 63 heavy (non-hydrogen) atoms. The second kappa shape index (κ2) is 32.3. The first kappa shape index (κ1) is 52.7. The minimum atomic E-state index is -1.04. The van der Waals surface area contributed by atoms with Gasteiger partial charge in [0.2, 0.25) is 5.91 Å². The van der Waals surface area contributed by atoms with Crippen LogP contribution in [0.25, 0.3) is 0 Å². The molecule has 0 radical (unpaired) electrons. The van der Waals surface area contributed by atoms with E-state index in [2.05, 4.69) is 19.8 Å². The highest BCUT2D eigenvalue weighted by atomic mass is 17.0. The Bertz CT molecular complexity index is 1600. The summed E-state index contributed by atoms with van der Waals surface area (Å²) >= 11 is 0. The van der Waals surface area contributed by atoms with Gasteiger partial charge in [-0.15, -0.1) is 30.3 Å². The van der Waals surface area contributed by atoms with Crippen molar-refractivity contribution in [1.29, 1.82) is 0 Å². The number of nitrogens with zero attached hydrogens (tertiary/aromatic N) is 3. The Kier molecular flexibility index (Phi) is 27.0. The second-order valence-electron chi connectivity index (χ2n) is 14.0. The van der Waals surface area contributed by atoms with Gasteiger partial charge in [-0.2, -0.15) is 0 Å². The van der Waals surface area contributed by atoms with Crippen molar-refractivity contribution in [3.8, 4) is 0 Å². The van der Waals surface area contributed by atoms with Gasteiger partial charge in [-0.25, -0.2) is 14.4 Å². The summed E-state index contributed by atoms with van der Waals surface area (Å²) in [5.74, 6) is -1.28. The molecule has 0 bridgehead atoms. The Morgan fingerprint density at radius 2 is 1.24 bits per heavy atom. The lowest BCUT2D eigenvalue weighted by Crippen LogP contribution is -2.27. The van der Waals surface area contributed by atoms with Crippen LogP contribution in [0, 0.1) is 42.2 Å². The second-order valence-corrected chi connectivity index (χ2v) is 14.0. The molecule has 1 aromatic rings. The van der Waals surface area contributed by atoms with E-state index in [9.17, 15) is 49.5 Å². The number of benzene rings is 1. The third kappa shape index (κ3) is 25.8. The molecule has 1 N–H and O–H groups in total. The Labute approximate surface area is 363 Å². The number of unbranched alkanes of at least 4 members (excludes halogenated alkanes) is 4. The van der Waals surface area contributed by atoms with Crippen LogP contribution in [0.5, 0.6) is 0 Å². The smallest absolute Gasteiger partial charge is 0.434 e. The topological polar surface area (TPSA) is 293 Å². The minimum absolute atomic E-state index is 0.00000560. The molecule has 23 heteroatoms. The SMILES string of the molecule is CCNC(=O)CCC/C=C\C[C@@H]1[C@@H](/C=C/[C@H](CCc2ccccc2)OC(=O)OCCCCO[N+](=O)[O-])[C@H](OC(=O)OCCCCO[N+](=O)[O-])C[C@@H]1OC(=O)OCCCCO[N+](=O)[O-]. The van der Waals surface area contributed by atoms with Gasteiger partial charge < -0.3 is 48.3 Å². The lowest BCUT2D eigenvalue weighted by atomic mass is 9.89. The largest absolute Gasteiger partial charge is 0.508 e. The van der Waals surface area contributed by atoms with Crippen LogP contribution in [0.15, 0.2) is 54.6 Å². The van der Waals surface area contributed by atoms with E-state index in [-0.39, 0.29) is 90.5 Å². The molecule has 1 amide bonds. The van der Waals surface area contributed by atoms with Crippen LogP contribution in [-0.2, 0) is 54.1 Å². The van der Waals surface area contributed by atoms with E-state index in [1.54, 1.807) is 12.2 Å². The molecule has 1 saturated carbocycles. The maximum absolute atomic E-state index is 13.0. The van der Waals surface area contributed by atoms with Crippen molar-refractivity contribution < 1.29 is 77.4 Å². The zero-order valence-electron chi connectivity index (χ0n) is 35.3. The molecular formula is C40H58N4O19. The number of hydrogen-bond donors (Lipinski definition) is 1. The number of nitrogens with one attached hydrogen (secondary N) is 1. The highest BCUT2D eigenvalue weighted by molar-refractivity contribution is 5.75. The van der Waals surface area contributed by atoms with E-state index < -0.39 is 63.9 Å². The number of hydrogen-bond acceptors (Lipinski definition) is 19. The van der Waals surface area contributed by atoms with Crippen molar-refractivity contribution in [2.75, 3.05) is 46.2 Å². The van der Waals surface area contributed by atoms with Gasteiger partial charge in [-0.3, -0.25) is 4.79 Å². The van der Waals surface area contributed by atoms with Crippen LogP contribution in [0.1, 0.15) is 89.5 Å². The molecule has 0 saturated heterocycles. The average Bonchev–Trinajstić information content (AvgIpc) is 3.54. The van der Waals surface area contributed by atoms with Crippen LogP contribution in [0.3, 0.4) is 0 Å². The summed E-state index contributed by atoms with van der Waals surface area (Å²) in [4.78, 5) is 94.8. The van der Waals surface area contributed by atoms with Crippen molar-refractivity contribution >= 4 is 24.4 Å². The predicted molar refractivity (Wildman–Crippen MR) is 217 cm³/mol. The summed E-state index contributed by atoms with van der Waals surface area (Å²) < 4.78 is 33.0. The molecule has 1 aliphatic carbocycles. The fraction of sp³-hybridized carbons (Fsp3) is 0.650. The first-order valence-electron chi connectivity index (χ1n) is 20.8. The van der Waals surface area contributed by atoms with E-state index >= 15 is 0 Å². The third-order valence-electron chi connectivity index (χ3n) is 9.31. The van der Waals surface area contributed by atoms with Gasteiger partial charge in [0.05, 0.1) is 39.6 Å². The fourth-order valence-electron chi connectivity index (χ4n) is 6.33. The van der Waals surface area contributed by atoms with Crippen LogP contribution in [0.4, 0.5) is 14.4 Å². The number of allylic oxidation sites excluding steroid dienone is 2. The highest BCUT2D eigenvalue weighted by Gasteiger charge is 2.46. The van der Waals surface area contributed by atoms with Crippen LogP contribution < -0.4 is 5.32 Å². The molecule has 23 nitrogen and oxygen atoms in total. The lowest BCUT2D eigenvalue weighted by Gasteiger charge is -2.24. The summed E-state index contributed by atoms with van der Waals surface area (Å²) in [5, 5.41) is 31.2. The molecular weight excluding hydrogens is 840 g/mol. The van der Waals surface area contributed by atoms with Crippen molar-refractivity contribution in [2.24, 2.45) is 11.8 Å². The maximum Gasteiger partial charge on any atom is 0.508 e. The highest BCUT2D eigenvalue weighted by Crippen LogP contribution is 2.40. The number of aryl methyl sites for hydroxylation is 1. The van der Waals surface area contributed by atoms with Crippen molar-refractivity contribution in [3.63, 3.8) is 0 Å². The van der Waals surface area contributed by atoms with Crippen molar-refractivity contribution in [2.45, 2.75) is 109 Å². The molecule has 2 rings (SSSR count). The van der Waals surface area contributed by atoms with Gasteiger partial charge in [-0.1, -0.05) is 48.6 Å². The van der Waals surface area contributed by atoms with Gasteiger partial charge in [-0.05, 0) is 89.2 Å². The summed E-state index contributed by atoms with van der Waals surface area (Å²) in [7, 11) is 0. The number of amides is 1. The number of carbonyl (C=O) groups excluding carboxylic acids is 4. The standard InChI is InChI=1S/C40H58N4O19/c1-2-41-37(45)19-9-4-3-8-18-33-34(23-22-32(21-20-31-16-6-5-7-17-31)61-38(46)55-24-10-13-27-58-42(49)50)36(63-40(48)57-26-12-15-29-60-44(53)54)30-35(33)62-39(47)56-25-11-14-28-59-43(51)52/h3,5-8,16-17,22-23,32-36H,2,4,9-15,18-21,24-30H2,1H3,(H,41,45)/b8-3-,23-22+/t32-,33+,34+,35-,36+/m0/s1. The van der Waals surface area contributed by atoms with Gasteiger partial charge in [0.25, 0.3) is 15.3 Å². The zero-order valence-corrected chi connectivity index (χ0v) is 35.3. The molecule has 0 aromatic heterocycles. The summed E-state index contributed by atoms with van der Waals surface area (Å²) in [6, 6.07) is 9.42. The Morgan fingerprint density at radius 1 is 0.714 bits per heavy atom. The predicted octanol–water partition coefficient (Wildman–Crippen LogP) is 6.60. The molecule has 352 valence electrons. The van der Waals surface area contributed by atoms with Gasteiger partial charge in [0.1, 0.15) is 18.3 Å². The Hall–Kier alpha value is -6.42. The van der Waals surface area contributed by atoms with E-state index in [4.69, 9.17) is 28.4 Å². The van der Waals surface area contributed by atoms with E-state index in [0.29, 0.717) is 45.1 Å². The molecule has 5 atom stereocenters. The van der Waals surface area contributed by atoms with E-state index in [1.165, 1.54) is 0 Å². The average molecular weight is 899 g/mol. The molecule has 1 aromatic carbocycles. The van der Waals surface area contributed by atoms with Crippen molar-refractivity contribution in [3.05, 3.63) is 90.5 Å². The molecule has 0 heterocycles. The van der Waals surface area contributed by atoms with E-state index in [1.807, 2.05) is 49.4 Å². The molecule has 1 aliphatic rings. The number of rotatable bonds is 33. The van der Waals surface area contributed by atoms with Crippen LogP contribution in [0.2, 0.25) is 0 Å². The van der Waals surface area contributed by atoms with Crippen LogP contribution in [-0.4, -0.2) is 104 Å². The van der Waals surface area contributed by atoms with E-state index in [0.717, 1.165) is 5.56 Å². The molecule has 1 fully saturated rings. The molecule has 0 aliphatic heterocycles. The Morgan fingerprint density at radius 3 is 1.78 bits per heavy atom. The molecule has 0 unspecified atom stereocenters. The maximum atomic E-state index is 13.0. The monoisotopic (exact) mass is 898 g/mol. The Balaban J connectivity index is 2.34.